The van der Waals surface area contributed by atoms with Crippen molar-refractivity contribution in [3.8, 4) is 56.2 Å². The first-order chi connectivity index (χ1) is 27.3. The van der Waals surface area contributed by atoms with E-state index in [1.165, 1.54) is 69.2 Å². The van der Waals surface area contributed by atoms with Crippen molar-refractivity contribution in [3.05, 3.63) is 194 Å². The molecule has 2 heterocycles. The van der Waals surface area contributed by atoms with Gasteiger partial charge >= 0.3 is 0 Å². The Morgan fingerprint density at radius 3 is 1.82 bits per heavy atom. The highest BCUT2D eigenvalue weighted by Gasteiger charge is 2.18. The van der Waals surface area contributed by atoms with Gasteiger partial charge in [-0.1, -0.05) is 170 Å². The molecule has 0 aliphatic carbocycles. The molecule has 0 bridgehead atoms. The number of nitrogens with zero attached hydrogens (tertiary/aromatic N) is 2. The lowest BCUT2D eigenvalue weighted by molar-refractivity contribution is 1.18. The van der Waals surface area contributed by atoms with Gasteiger partial charge in [-0.05, 0) is 78.8 Å². The highest BCUT2D eigenvalue weighted by molar-refractivity contribution is 7.25. The lowest BCUT2D eigenvalue weighted by Crippen LogP contribution is -1.97. The number of rotatable bonds is 5. The van der Waals surface area contributed by atoms with Crippen molar-refractivity contribution in [1.29, 1.82) is 0 Å². The van der Waals surface area contributed by atoms with E-state index >= 15 is 0 Å². The van der Waals surface area contributed by atoms with Gasteiger partial charge in [0.1, 0.15) is 0 Å². The average Bonchev–Trinajstić information content (AvgIpc) is 3.65. The minimum atomic E-state index is 0.700. The molecule has 0 unspecified atom stereocenters. The molecule has 0 fully saturated rings. The molecule has 0 saturated heterocycles. The van der Waals surface area contributed by atoms with Gasteiger partial charge < -0.3 is 0 Å². The maximum absolute atomic E-state index is 5.34. The van der Waals surface area contributed by atoms with Crippen LogP contribution in [0.25, 0.3) is 109 Å². The van der Waals surface area contributed by atoms with Crippen LogP contribution in [0.5, 0.6) is 0 Å². The number of thiophene rings is 1. The summed E-state index contributed by atoms with van der Waals surface area (Å²) >= 11 is 1.85. The summed E-state index contributed by atoms with van der Waals surface area (Å²) in [6, 6.07) is 69.7. The fourth-order valence-corrected chi connectivity index (χ4v) is 9.46. The van der Waals surface area contributed by atoms with E-state index in [9.17, 15) is 0 Å². The van der Waals surface area contributed by atoms with Crippen molar-refractivity contribution in [2.75, 3.05) is 0 Å². The van der Waals surface area contributed by atoms with Crippen LogP contribution in [0.2, 0.25) is 0 Å². The average molecular weight is 717 g/mol. The Labute approximate surface area is 322 Å². The van der Waals surface area contributed by atoms with Gasteiger partial charge in [0, 0.05) is 36.9 Å². The number of aromatic nitrogens is 2. The van der Waals surface area contributed by atoms with Crippen LogP contribution < -0.4 is 0 Å². The first kappa shape index (κ1) is 31.6. The lowest BCUT2D eigenvalue weighted by atomic mass is 9.89. The molecule has 9 aromatic carbocycles. The molecule has 3 heteroatoms. The maximum Gasteiger partial charge on any atom is 0.160 e. The second-order valence-corrected chi connectivity index (χ2v) is 15.2. The molecular formula is C52H32N2S. The van der Waals surface area contributed by atoms with E-state index in [-0.39, 0.29) is 0 Å². The van der Waals surface area contributed by atoms with Crippen molar-refractivity contribution in [1.82, 2.24) is 9.97 Å². The van der Waals surface area contributed by atoms with Crippen LogP contribution in [-0.2, 0) is 0 Å². The molecule has 0 atom stereocenters. The van der Waals surface area contributed by atoms with Gasteiger partial charge in [0.05, 0.1) is 11.4 Å². The molecule has 11 rings (SSSR count). The van der Waals surface area contributed by atoms with Crippen molar-refractivity contribution >= 4 is 63.8 Å². The fraction of sp³-hybridized carbons (Fsp3) is 0. The highest BCUT2D eigenvalue weighted by atomic mass is 32.1. The van der Waals surface area contributed by atoms with Gasteiger partial charge in [-0.25, -0.2) is 9.97 Å². The maximum atomic E-state index is 5.34. The summed E-state index contributed by atoms with van der Waals surface area (Å²) in [5, 5.41) is 10.1. The Morgan fingerprint density at radius 1 is 0.327 bits per heavy atom. The van der Waals surface area contributed by atoms with Crippen molar-refractivity contribution < 1.29 is 0 Å². The van der Waals surface area contributed by atoms with E-state index in [4.69, 9.17) is 9.97 Å². The molecule has 0 spiro atoms. The summed E-state index contributed by atoms with van der Waals surface area (Å²) < 4.78 is 2.58. The minimum Gasteiger partial charge on any atom is -0.228 e. The Kier molecular flexibility index (Phi) is 7.39. The van der Waals surface area contributed by atoms with Gasteiger partial charge in [-0.3, -0.25) is 0 Å². The largest absolute Gasteiger partial charge is 0.228 e. The third-order valence-electron chi connectivity index (χ3n) is 10.9. The highest BCUT2D eigenvalue weighted by Crippen LogP contribution is 2.44. The zero-order valence-corrected chi connectivity index (χ0v) is 30.6. The van der Waals surface area contributed by atoms with Crippen molar-refractivity contribution in [2.24, 2.45) is 0 Å². The molecule has 11 aromatic rings. The van der Waals surface area contributed by atoms with Crippen LogP contribution in [0.3, 0.4) is 0 Å². The summed E-state index contributed by atoms with van der Waals surface area (Å²) in [5.74, 6) is 0.700. The lowest BCUT2D eigenvalue weighted by Gasteiger charge is -2.15. The molecule has 0 N–H and O–H groups in total. The second-order valence-electron chi connectivity index (χ2n) is 14.1. The normalized spacial score (nSPS) is 11.6. The Balaban J connectivity index is 1.09. The SMILES string of the molecule is c1ccc(-c2cc(-c3ccccc3-c3cccc4sc5ccccc5c34)nc(-c3ccc(-c4c5ccccc5cc5c4ccc4ccccc45)cc3)n2)cc1. The summed E-state index contributed by atoms with van der Waals surface area (Å²) in [6.45, 7) is 0. The van der Waals surface area contributed by atoms with E-state index < -0.39 is 0 Å². The summed E-state index contributed by atoms with van der Waals surface area (Å²) in [5.41, 5.74) is 9.69. The van der Waals surface area contributed by atoms with Gasteiger partial charge in [0.25, 0.3) is 0 Å². The summed E-state index contributed by atoms with van der Waals surface area (Å²) in [4.78, 5) is 10.6. The molecule has 2 aromatic heterocycles. The van der Waals surface area contributed by atoms with Crippen LogP contribution in [0.4, 0.5) is 0 Å². The summed E-state index contributed by atoms with van der Waals surface area (Å²) in [6.07, 6.45) is 0. The van der Waals surface area contributed by atoms with Crippen LogP contribution in [0.15, 0.2) is 194 Å². The Hall–Kier alpha value is -6.94. The van der Waals surface area contributed by atoms with Crippen LogP contribution in [0, 0.1) is 0 Å². The topological polar surface area (TPSA) is 25.8 Å². The van der Waals surface area contributed by atoms with Crippen molar-refractivity contribution in [2.45, 2.75) is 0 Å². The Morgan fingerprint density at radius 2 is 0.964 bits per heavy atom. The van der Waals surface area contributed by atoms with Gasteiger partial charge in [-0.15, -0.1) is 11.3 Å². The Bertz CT molecular complexity index is 3250. The second kappa shape index (κ2) is 12.9. The van der Waals surface area contributed by atoms with Crippen LogP contribution >= 0.6 is 11.3 Å². The predicted octanol–water partition coefficient (Wildman–Crippen LogP) is 14.6. The number of benzene rings is 9. The van der Waals surface area contributed by atoms with E-state index in [1.54, 1.807) is 0 Å². The number of hydrogen-bond donors (Lipinski definition) is 0. The number of hydrogen-bond acceptors (Lipinski definition) is 3. The fourth-order valence-electron chi connectivity index (χ4n) is 8.33. The zero-order valence-electron chi connectivity index (χ0n) is 29.8. The van der Waals surface area contributed by atoms with Crippen LogP contribution in [-0.4, -0.2) is 9.97 Å². The molecule has 0 aliphatic heterocycles. The van der Waals surface area contributed by atoms with Crippen molar-refractivity contribution in [3.63, 3.8) is 0 Å². The van der Waals surface area contributed by atoms with Gasteiger partial charge in [0.15, 0.2) is 5.82 Å². The minimum absolute atomic E-state index is 0.700. The predicted molar refractivity (Wildman–Crippen MR) is 235 cm³/mol. The van der Waals surface area contributed by atoms with E-state index in [0.29, 0.717) is 5.82 Å². The monoisotopic (exact) mass is 716 g/mol. The molecule has 0 saturated carbocycles. The molecule has 0 amide bonds. The standard InChI is InChI=1S/C52H32N2S/c1-2-14-34(15-3-1)46-32-47(41-20-9-8-19-40(41)42-22-12-24-49-51(42)44-21-10-11-23-48(44)55-49)54-52(53-46)36-27-25-35(26-28-36)50-39-18-7-5-16-37(39)31-45-38-17-6-4-13-33(38)29-30-43(45)50/h1-32H. The quantitative estimate of drug-likeness (QED) is 0.131. The summed E-state index contributed by atoms with van der Waals surface area (Å²) in [7, 11) is 0. The third kappa shape index (κ3) is 5.32. The molecule has 55 heavy (non-hydrogen) atoms. The van der Waals surface area contributed by atoms with Crippen LogP contribution in [0.1, 0.15) is 0 Å². The van der Waals surface area contributed by atoms with E-state index in [0.717, 1.165) is 33.6 Å². The van der Waals surface area contributed by atoms with Gasteiger partial charge in [0.2, 0.25) is 0 Å². The van der Waals surface area contributed by atoms with E-state index in [2.05, 4.69) is 188 Å². The molecule has 0 aliphatic rings. The first-order valence-electron chi connectivity index (χ1n) is 18.7. The third-order valence-corrected chi connectivity index (χ3v) is 12.0. The molecular weight excluding hydrogens is 685 g/mol. The molecule has 2 nitrogen and oxygen atoms in total. The first-order valence-corrected chi connectivity index (χ1v) is 19.5. The molecule has 256 valence electrons. The van der Waals surface area contributed by atoms with E-state index in [1.807, 2.05) is 17.4 Å². The zero-order chi connectivity index (χ0) is 36.3. The number of fused-ring (bicyclic) bond motifs is 7. The smallest absolute Gasteiger partial charge is 0.160 e. The van der Waals surface area contributed by atoms with Gasteiger partial charge in [-0.2, -0.15) is 0 Å². The molecule has 0 radical (unpaired) electrons.